The summed E-state index contributed by atoms with van der Waals surface area (Å²) in [5.41, 5.74) is 1.67. The summed E-state index contributed by atoms with van der Waals surface area (Å²) in [6.45, 7) is 2.23. The Bertz CT molecular complexity index is 498. The van der Waals surface area contributed by atoms with Crippen LogP contribution in [0.5, 0.6) is 0 Å². The van der Waals surface area contributed by atoms with Crippen LogP contribution >= 0.6 is 23.7 Å². The fourth-order valence-electron chi connectivity index (χ4n) is 1.52. The van der Waals surface area contributed by atoms with E-state index in [1.54, 1.807) is 16.9 Å². The number of hydrogen-bond acceptors (Lipinski definition) is 3. The number of alkyl halides is 1. The normalized spacial score (nSPS) is 10.2. The predicted molar refractivity (Wildman–Crippen MR) is 71.8 cm³/mol. The van der Waals surface area contributed by atoms with Crippen LogP contribution in [0.2, 0.25) is 0 Å². The zero-order valence-electron chi connectivity index (χ0n) is 9.82. The van der Waals surface area contributed by atoms with Gasteiger partial charge in [0, 0.05) is 17.6 Å². The van der Waals surface area contributed by atoms with Gasteiger partial charge >= 0.3 is 0 Å². The molecule has 0 aromatic carbocycles. The molecule has 0 unspecified atom stereocenters. The van der Waals surface area contributed by atoms with E-state index in [-0.39, 0.29) is 24.1 Å². The third-order valence-corrected chi connectivity index (χ3v) is 3.22. The molecule has 18 heavy (non-hydrogen) atoms. The summed E-state index contributed by atoms with van der Waals surface area (Å²) in [5, 5.41) is 7.13. The highest BCUT2D eigenvalue weighted by Gasteiger charge is 2.05. The van der Waals surface area contributed by atoms with E-state index in [0.29, 0.717) is 6.54 Å². The van der Waals surface area contributed by atoms with Crippen LogP contribution in [0, 0.1) is 12.1 Å². The second-order valence-corrected chi connectivity index (χ2v) is 4.76. The van der Waals surface area contributed by atoms with Gasteiger partial charge in [-0.3, -0.25) is 4.68 Å². The van der Waals surface area contributed by atoms with Crippen molar-refractivity contribution in [2.45, 2.75) is 20.0 Å². The summed E-state index contributed by atoms with van der Waals surface area (Å²) in [6.07, 6.45) is 1.76. The van der Waals surface area contributed by atoms with Crippen molar-refractivity contribution >= 4 is 29.4 Å². The Balaban J connectivity index is 0.00000162. The standard InChI is InChI=1S/C11H13F2N3S.ClH/c1-8-10(7-16(15-8)5-4-12)14-6-9-2-3-11(13)17-9;/h2-3,7,14H,4-6H2,1H3;1H. The number of anilines is 1. The quantitative estimate of drug-likeness (QED) is 0.916. The number of aromatic nitrogens is 2. The summed E-state index contributed by atoms with van der Waals surface area (Å²) in [6, 6.07) is 3.19. The first kappa shape index (κ1) is 14.9. The van der Waals surface area contributed by atoms with E-state index in [0.717, 1.165) is 27.6 Å². The van der Waals surface area contributed by atoms with E-state index in [1.807, 2.05) is 6.92 Å². The minimum Gasteiger partial charge on any atom is -0.377 e. The van der Waals surface area contributed by atoms with Gasteiger partial charge in [-0.25, -0.2) is 4.39 Å². The fraction of sp³-hybridized carbons (Fsp3) is 0.364. The molecule has 0 spiro atoms. The Morgan fingerprint density at radius 3 is 2.83 bits per heavy atom. The molecule has 0 bridgehead atoms. The van der Waals surface area contributed by atoms with E-state index in [4.69, 9.17) is 0 Å². The molecule has 3 nitrogen and oxygen atoms in total. The van der Waals surface area contributed by atoms with Crippen LogP contribution in [-0.2, 0) is 13.1 Å². The fourth-order valence-corrected chi connectivity index (χ4v) is 2.19. The molecule has 2 heterocycles. The highest BCUT2D eigenvalue weighted by atomic mass is 35.5. The van der Waals surface area contributed by atoms with Gasteiger partial charge in [-0.15, -0.1) is 23.7 Å². The number of aryl methyl sites for hydroxylation is 2. The predicted octanol–water partition coefficient (Wildman–Crippen LogP) is 3.40. The molecule has 0 saturated heterocycles. The molecule has 0 aliphatic rings. The van der Waals surface area contributed by atoms with Gasteiger partial charge in [-0.05, 0) is 19.1 Å². The van der Waals surface area contributed by atoms with E-state index >= 15 is 0 Å². The number of hydrogen-bond donors (Lipinski definition) is 1. The lowest BCUT2D eigenvalue weighted by atomic mass is 10.4. The van der Waals surface area contributed by atoms with Crippen LogP contribution in [0.25, 0.3) is 0 Å². The van der Waals surface area contributed by atoms with E-state index in [2.05, 4.69) is 10.4 Å². The molecule has 2 aromatic rings. The third kappa shape index (κ3) is 3.68. The van der Waals surface area contributed by atoms with E-state index in [9.17, 15) is 8.78 Å². The summed E-state index contributed by atoms with van der Waals surface area (Å²) >= 11 is 1.11. The van der Waals surface area contributed by atoms with Crippen LogP contribution in [0.15, 0.2) is 18.3 Å². The van der Waals surface area contributed by atoms with Gasteiger partial charge in [-0.2, -0.15) is 9.49 Å². The monoisotopic (exact) mass is 293 g/mol. The zero-order chi connectivity index (χ0) is 12.3. The third-order valence-electron chi connectivity index (χ3n) is 2.34. The lowest BCUT2D eigenvalue weighted by Gasteiger charge is -2.01. The minimum atomic E-state index is -0.434. The van der Waals surface area contributed by atoms with Crippen molar-refractivity contribution in [2.24, 2.45) is 0 Å². The highest BCUT2D eigenvalue weighted by molar-refractivity contribution is 7.10. The van der Waals surface area contributed by atoms with Crippen molar-refractivity contribution in [3.8, 4) is 0 Å². The van der Waals surface area contributed by atoms with Crippen molar-refractivity contribution < 1.29 is 8.78 Å². The molecule has 0 amide bonds. The van der Waals surface area contributed by atoms with Gasteiger partial charge in [-0.1, -0.05) is 0 Å². The molecule has 7 heteroatoms. The molecule has 2 rings (SSSR count). The SMILES string of the molecule is Cc1nn(CCF)cc1NCc1ccc(F)s1.Cl. The van der Waals surface area contributed by atoms with Crippen molar-refractivity contribution in [3.63, 3.8) is 0 Å². The average Bonchev–Trinajstić information content (AvgIpc) is 2.83. The maximum atomic E-state index is 12.8. The van der Waals surface area contributed by atoms with Crippen molar-refractivity contribution in [1.82, 2.24) is 9.78 Å². The number of nitrogens with one attached hydrogen (secondary N) is 1. The van der Waals surface area contributed by atoms with Gasteiger partial charge in [0.2, 0.25) is 0 Å². The molecule has 0 atom stereocenters. The van der Waals surface area contributed by atoms with Crippen LogP contribution in [-0.4, -0.2) is 16.5 Å². The Hall–Kier alpha value is -1.14. The number of nitrogens with zero attached hydrogens (tertiary/aromatic N) is 2. The molecule has 0 aliphatic carbocycles. The first-order valence-electron chi connectivity index (χ1n) is 5.27. The summed E-state index contributed by atoms with van der Waals surface area (Å²) in [7, 11) is 0. The molecule has 1 N–H and O–H groups in total. The molecule has 0 aliphatic heterocycles. The van der Waals surface area contributed by atoms with Gasteiger partial charge in [0.1, 0.15) is 6.67 Å². The highest BCUT2D eigenvalue weighted by Crippen LogP contribution is 2.18. The first-order valence-corrected chi connectivity index (χ1v) is 6.09. The van der Waals surface area contributed by atoms with Gasteiger partial charge in [0.25, 0.3) is 0 Å². The molecular formula is C11H14ClF2N3S. The second-order valence-electron chi connectivity index (χ2n) is 3.64. The zero-order valence-corrected chi connectivity index (χ0v) is 11.5. The average molecular weight is 294 g/mol. The maximum Gasteiger partial charge on any atom is 0.176 e. The lowest BCUT2D eigenvalue weighted by molar-refractivity contribution is 0.426. The van der Waals surface area contributed by atoms with Gasteiger partial charge in [0.05, 0.1) is 17.9 Å². The Labute approximate surface area is 114 Å². The largest absolute Gasteiger partial charge is 0.377 e. The minimum absolute atomic E-state index is 0. The molecular weight excluding hydrogens is 280 g/mol. The summed E-state index contributed by atoms with van der Waals surface area (Å²) in [5.74, 6) is 0. The second kappa shape index (κ2) is 6.70. The van der Waals surface area contributed by atoms with Crippen molar-refractivity contribution in [3.05, 3.63) is 34.0 Å². The lowest BCUT2D eigenvalue weighted by Crippen LogP contribution is -1.99. The number of halogens is 3. The van der Waals surface area contributed by atoms with Crippen LogP contribution in [0.3, 0.4) is 0 Å². The molecule has 0 radical (unpaired) electrons. The Morgan fingerprint density at radius 2 is 2.22 bits per heavy atom. The Kier molecular flexibility index (Phi) is 5.55. The number of rotatable bonds is 5. The van der Waals surface area contributed by atoms with Gasteiger partial charge in [0.15, 0.2) is 5.13 Å². The van der Waals surface area contributed by atoms with Gasteiger partial charge < -0.3 is 5.32 Å². The van der Waals surface area contributed by atoms with E-state index in [1.165, 1.54) is 6.07 Å². The Morgan fingerprint density at radius 1 is 1.44 bits per heavy atom. The smallest absolute Gasteiger partial charge is 0.176 e. The molecule has 2 aromatic heterocycles. The van der Waals surface area contributed by atoms with Crippen molar-refractivity contribution in [1.29, 1.82) is 0 Å². The van der Waals surface area contributed by atoms with Crippen LogP contribution in [0.4, 0.5) is 14.5 Å². The summed E-state index contributed by atoms with van der Waals surface area (Å²) < 4.78 is 26.5. The molecule has 0 saturated carbocycles. The van der Waals surface area contributed by atoms with Crippen molar-refractivity contribution in [2.75, 3.05) is 12.0 Å². The van der Waals surface area contributed by atoms with Crippen LogP contribution in [0.1, 0.15) is 10.6 Å². The molecule has 0 fully saturated rings. The maximum absolute atomic E-state index is 12.8. The number of thiophene rings is 1. The van der Waals surface area contributed by atoms with Crippen LogP contribution < -0.4 is 5.32 Å². The first-order chi connectivity index (χ1) is 8.19. The topological polar surface area (TPSA) is 29.9 Å². The molecule has 100 valence electrons. The summed E-state index contributed by atoms with van der Waals surface area (Å²) in [4.78, 5) is 0.917. The van der Waals surface area contributed by atoms with E-state index < -0.39 is 6.67 Å².